The molecule has 0 aromatic heterocycles. The zero-order valence-corrected chi connectivity index (χ0v) is 19.1. The summed E-state index contributed by atoms with van der Waals surface area (Å²) in [7, 11) is 0. The predicted octanol–water partition coefficient (Wildman–Crippen LogP) is 5.43. The molecule has 0 spiro atoms. The van der Waals surface area contributed by atoms with Gasteiger partial charge in [-0.05, 0) is 34.9 Å². The van der Waals surface area contributed by atoms with E-state index in [1.54, 1.807) is 36.4 Å². The highest BCUT2D eigenvalue weighted by molar-refractivity contribution is 5.90. The molecule has 3 aromatic rings. The van der Waals surface area contributed by atoms with Crippen LogP contribution in [0.4, 0.5) is 0 Å². The zero-order chi connectivity index (χ0) is 24.9. The molecule has 176 valence electrons. The van der Waals surface area contributed by atoms with Crippen LogP contribution in [0.1, 0.15) is 23.6 Å². The van der Waals surface area contributed by atoms with E-state index in [0.717, 1.165) is 34.9 Å². The Morgan fingerprint density at radius 3 is 1.03 bits per heavy atom. The highest BCUT2D eigenvalue weighted by Crippen LogP contribution is 2.18. The normalized spacial score (nSPS) is 11.6. The maximum Gasteiger partial charge on any atom is 0.421 e. The average molecular weight is 469 g/mol. The summed E-state index contributed by atoms with van der Waals surface area (Å²) in [5.74, 6) is -4.89. The molecule has 0 saturated heterocycles. The van der Waals surface area contributed by atoms with Crippen molar-refractivity contribution >= 4 is 36.1 Å². The van der Waals surface area contributed by atoms with Gasteiger partial charge < -0.3 is 14.2 Å². The monoisotopic (exact) mass is 468 g/mol. The van der Waals surface area contributed by atoms with Crippen molar-refractivity contribution in [3.8, 4) is 0 Å². The third-order valence-corrected chi connectivity index (χ3v) is 4.49. The lowest BCUT2D eigenvalue weighted by atomic mass is 10.2. The lowest BCUT2D eigenvalue weighted by molar-refractivity contribution is -0.314. The molecule has 0 bridgehead atoms. The average Bonchev–Trinajstić information content (AvgIpc) is 2.86. The Morgan fingerprint density at radius 2 is 0.771 bits per heavy atom. The van der Waals surface area contributed by atoms with Gasteiger partial charge in [0.2, 0.25) is 0 Å². The molecule has 0 radical (unpaired) electrons. The van der Waals surface area contributed by atoms with Gasteiger partial charge in [0.15, 0.2) is 0 Å². The third kappa shape index (κ3) is 8.98. The molecule has 0 atom stereocenters. The summed E-state index contributed by atoms with van der Waals surface area (Å²) in [4.78, 5) is 37.3. The van der Waals surface area contributed by atoms with Crippen LogP contribution in [0.25, 0.3) is 18.2 Å². The topological polar surface area (TPSA) is 78.9 Å². The second-order valence-corrected chi connectivity index (χ2v) is 7.36. The minimum Gasteiger partial charge on any atom is -0.385 e. The first-order chi connectivity index (χ1) is 16.9. The van der Waals surface area contributed by atoms with Crippen LogP contribution in [0.15, 0.2) is 109 Å². The fourth-order valence-electron chi connectivity index (χ4n) is 2.90. The number of hydrogen-bond donors (Lipinski definition) is 0. The van der Waals surface area contributed by atoms with Gasteiger partial charge in [0.25, 0.3) is 0 Å². The van der Waals surface area contributed by atoms with Crippen molar-refractivity contribution in [1.82, 2.24) is 0 Å². The molecule has 0 aliphatic heterocycles. The first-order valence-corrected chi connectivity index (χ1v) is 10.8. The van der Waals surface area contributed by atoms with Gasteiger partial charge in [-0.25, -0.2) is 14.4 Å². The van der Waals surface area contributed by atoms with E-state index in [0.29, 0.717) is 0 Å². The van der Waals surface area contributed by atoms with Gasteiger partial charge >= 0.3 is 23.9 Å². The Labute approximate surface area is 203 Å². The van der Waals surface area contributed by atoms with Gasteiger partial charge in [0.1, 0.15) is 0 Å². The van der Waals surface area contributed by atoms with E-state index in [4.69, 9.17) is 14.2 Å². The smallest absolute Gasteiger partial charge is 0.385 e. The van der Waals surface area contributed by atoms with E-state index in [9.17, 15) is 14.4 Å². The largest absolute Gasteiger partial charge is 0.421 e. The molecule has 0 N–H and O–H groups in total. The minimum atomic E-state index is -2.30. The summed E-state index contributed by atoms with van der Waals surface area (Å²) in [5.41, 5.74) is 2.28. The van der Waals surface area contributed by atoms with Crippen LogP contribution in [-0.4, -0.2) is 23.9 Å². The van der Waals surface area contributed by atoms with Crippen LogP contribution < -0.4 is 0 Å². The Balaban J connectivity index is 1.72. The van der Waals surface area contributed by atoms with E-state index >= 15 is 0 Å². The minimum absolute atomic E-state index is 0.761. The first kappa shape index (κ1) is 24.9. The molecular weight excluding hydrogens is 444 g/mol. The standard InChI is InChI=1S/C29H24O6/c1-29(33-26(30)20-17-23-11-5-2-6-12-23,34-27(31)21-18-24-13-7-3-8-14-24)35-28(32)22-19-25-15-9-4-10-16-25/h2-22H,1H3/b20-17+,21-18+,22-19+. The number of carbonyl (C=O) groups excluding carboxylic acids is 3. The van der Waals surface area contributed by atoms with Crippen molar-refractivity contribution in [2.45, 2.75) is 12.9 Å². The molecule has 3 aromatic carbocycles. The molecule has 0 unspecified atom stereocenters. The molecule has 0 fully saturated rings. The number of benzene rings is 3. The molecule has 0 heterocycles. The quantitative estimate of drug-likeness (QED) is 0.237. The molecule has 6 heteroatoms. The lowest BCUT2D eigenvalue weighted by Gasteiger charge is -2.26. The van der Waals surface area contributed by atoms with Crippen molar-refractivity contribution in [2.75, 3.05) is 0 Å². The van der Waals surface area contributed by atoms with Gasteiger partial charge in [-0.15, -0.1) is 0 Å². The molecule has 0 amide bonds. The van der Waals surface area contributed by atoms with Crippen molar-refractivity contribution in [2.24, 2.45) is 0 Å². The van der Waals surface area contributed by atoms with E-state index in [1.807, 2.05) is 54.6 Å². The summed E-state index contributed by atoms with van der Waals surface area (Å²) in [6.07, 6.45) is 8.02. The predicted molar refractivity (Wildman–Crippen MR) is 133 cm³/mol. The molecule has 6 nitrogen and oxygen atoms in total. The number of carbonyl (C=O) groups is 3. The number of rotatable bonds is 9. The fraction of sp³-hybridized carbons (Fsp3) is 0.0690. The number of esters is 3. The molecule has 3 rings (SSSR count). The summed E-state index contributed by atoms with van der Waals surface area (Å²) < 4.78 is 15.7. The third-order valence-electron chi connectivity index (χ3n) is 4.49. The van der Waals surface area contributed by atoms with Crippen LogP contribution >= 0.6 is 0 Å². The summed E-state index contributed by atoms with van der Waals surface area (Å²) in [5, 5.41) is 0. The first-order valence-electron chi connectivity index (χ1n) is 10.8. The summed E-state index contributed by atoms with van der Waals surface area (Å²) >= 11 is 0. The van der Waals surface area contributed by atoms with E-state index < -0.39 is 23.9 Å². The van der Waals surface area contributed by atoms with Crippen LogP contribution in [0, 0.1) is 0 Å². The zero-order valence-electron chi connectivity index (χ0n) is 19.1. The lowest BCUT2D eigenvalue weighted by Crippen LogP contribution is -2.40. The second kappa shape index (κ2) is 12.5. The number of hydrogen-bond acceptors (Lipinski definition) is 6. The Kier molecular flexibility index (Phi) is 8.91. The molecule has 0 saturated carbocycles. The highest BCUT2D eigenvalue weighted by atomic mass is 16.9. The SMILES string of the molecule is CC(OC(=O)/C=C/c1ccccc1)(OC(=O)/C=C/c1ccccc1)OC(=O)/C=C/c1ccccc1. The van der Waals surface area contributed by atoms with Crippen molar-refractivity contribution < 1.29 is 28.6 Å². The van der Waals surface area contributed by atoms with Crippen LogP contribution in [-0.2, 0) is 28.6 Å². The Morgan fingerprint density at radius 1 is 0.514 bits per heavy atom. The summed E-state index contributed by atoms with van der Waals surface area (Å²) in [6, 6.07) is 27.2. The van der Waals surface area contributed by atoms with Gasteiger partial charge in [-0.1, -0.05) is 91.0 Å². The van der Waals surface area contributed by atoms with E-state index in [2.05, 4.69) is 0 Å². The molecular formula is C29H24O6. The van der Waals surface area contributed by atoms with Crippen LogP contribution in [0.5, 0.6) is 0 Å². The fourth-order valence-corrected chi connectivity index (χ4v) is 2.90. The van der Waals surface area contributed by atoms with E-state index in [-0.39, 0.29) is 0 Å². The van der Waals surface area contributed by atoms with Crippen LogP contribution in [0.3, 0.4) is 0 Å². The molecule has 35 heavy (non-hydrogen) atoms. The van der Waals surface area contributed by atoms with Crippen molar-refractivity contribution in [3.63, 3.8) is 0 Å². The maximum atomic E-state index is 12.4. The summed E-state index contributed by atoms with van der Waals surface area (Å²) in [6.45, 7) is 1.17. The van der Waals surface area contributed by atoms with Gasteiger partial charge in [-0.3, -0.25) is 0 Å². The van der Waals surface area contributed by atoms with Gasteiger partial charge in [0, 0.05) is 18.2 Å². The molecule has 0 aliphatic carbocycles. The van der Waals surface area contributed by atoms with Crippen molar-refractivity contribution in [1.29, 1.82) is 0 Å². The molecule has 0 aliphatic rings. The van der Waals surface area contributed by atoms with Gasteiger partial charge in [0.05, 0.1) is 6.92 Å². The highest BCUT2D eigenvalue weighted by Gasteiger charge is 2.37. The Hall–Kier alpha value is -4.71. The Bertz CT molecular complexity index is 1060. The van der Waals surface area contributed by atoms with E-state index in [1.165, 1.54) is 25.2 Å². The van der Waals surface area contributed by atoms with Gasteiger partial charge in [-0.2, -0.15) is 0 Å². The van der Waals surface area contributed by atoms with Crippen molar-refractivity contribution in [3.05, 3.63) is 126 Å². The second-order valence-electron chi connectivity index (χ2n) is 7.36. The number of ether oxygens (including phenoxy) is 3. The maximum absolute atomic E-state index is 12.4. The van der Waals surface area contributed by atoms with Crippen LogP contribution in [0.2, 0.25) is 0 Å².